The molecule has 2 heteroatoms. The van der Waals surface area contributed by atoms with Gasteiger partial charge in [-0.25, -0.2) is 0 Å². The van der Waals surface area contributed by atoms with E-state index in [-0.39, 0.29) is 0 Å². The molecule has 14 heavy (non-hydrogen) atoms. The number of nitrogens with two attached hydrogens (primary N) is 2. The number of rotatable bonds is 0. The number of allylic oxidation sites excluding steroid dienone is 8. The van der Waals surface area contributed by atoms with E-state index >= 15 is 0 Å². The van der Waals surface area contributed by atoms with Crippen LogP contribution in [0.25, 0.3) is 0 Å². The second kappa shape index (κ2) is 17.8. The first-order chi connectivity index (χ1) is 7.00. The van der Waals surface area contributed by atoms with Crippen LogP contribution < -0.4 is 11.5 Å². The maximum absolute atomic E-state index is 4.50. The first-order valence-electron chi connectivity index (χ1n) is 4.79. The third-order valence-corrected chi connectivity index (χ3v) is 1.31. The smallest absolute Gasteiger partial charge is 0.0163 e. The topological polar surface area (TPSA) is 52.0 Å². The minimum Gasteiger partial charge on any atom is -0.333 e. The lowest BCUT2D eigenvalue weighted by atomic mass is 10.5. The summed E-state index contributed by atoms with van der Waals surface area (Å²) in [6.07, 6.45) is 19.0. The first kappa shape index (κ1) is 15.4. The quantitative estimate of drug-likeness (QED) is 0.621. The van der Waals surface area contributed by atoms with Gasteiger partial charge in [0.1, 0.15) is 0 Å². The summed E-state index contributed by atoms with van der Waals surface area (Å²) >= 11 is 0. The number of hydrogen-bond donors (Lipinski definition) is 2. The predicted octanol–water partition coefficient (Wildman–Crippen LogP) is 2.15. The molecule has 0 unspecified atom stereocenters. The van der Waals surface area contributed by atoms with Crippen molar-refractivity contribution in [2.75, 3.05) is 14.1 Å². The van der Waals surface area contributed by atoms with E-state index in [1.807, 2.05) is 0 Å². The van der Waals surface area contributed by atoms with Crippen molar-refractivity contribution < 1.29 is 0 Å². The summed E-state index contributed by atoms with van der Waals surface area (Å²) in [4.78, 5) is 0. The summed E-state index contributed by atoms with van der Waals surface area (Å²) in [5.41, 5.74) is 9.00. The summed E-state index contributed by atoms with van der Waals surface area (Å²) in [6.45, 7) is 0. The van der Waals surface area contributed by atoms with Gasteiger partial charge in [0, 0.05) is 0 Å². The Morgan fingerprint density at radius 2 is 0.786 bits per heavy atom. The van der Waals surface area contributed by atoms with Crippen LogP contribution in [0, 0.1) is 0 Å². The van der Waals surface area contributed by atoms with Gasteiger partial charge in [-0.15, -0.1) is 0 Å². The van der Waals surface area contributed by atoms with E-state index in [9.17, 15) is 0 Å². The van der Waals surface area contributed by atoms with Crippen LogP contribution in [-0.2, 0) is 0 Å². The summed E-state index contributed by atoms with van der Waals surface area (Å²) in [5.74, 6) is 0. The number of hydrogen-bond acceptors (Lipinski definition) is 2. The van der Waals surface area contributed by atoms with Crippen LogP contribution in [0.1, 0.15) is 12.8 Å². The molecule has 0 aliphatic heterocycles. The van der Waals surface area contributed by atoms with Gasteiger partial charge < -0.3 is 11.5 Å². The molecule has 2 rings (SSSR count). The zero-order valence-corrected chi connectivity index (χ0v) is 9.19. The molecule has 0 spiro atoms. The average Bonchev–Trinajstić information content (AvgIpc) is 3.01. The summed E-state index contributed by atoms with van der Waals surface area (Å²) in [5, 5.41) is 0. The van der Waals surface area contributed by atoms with E-state index in [1.54, 1.807) is 0 Å². The molecule has 2 aliphatic carbocycles. The largest absolute Gasteiger partial charge is 0.333 e. The second-order valence-electron chi connectivity index (χ2n) is 2.18. The first-order valence-corrected chi connectivity index (χ1v) is 4.79. The highest BCUT2D eigenvalue weighted by molar-refractivity contribution is 5.12. The molecule has 80 valence electrons. The van der Waals surface area contributed by atoms with Crippen LogP contribution in [0.5, 0.6) is 0 Å². The Kier molecular flexibility index (Phi) is 19.6. The second-order valence-corrected chi connectivity index (χ2v) is 2.18. The fourth-order valence-electron chi connectivity index (χ4n) is 0.786. The molecule has 2 aliphatic rings. The summed E-state index contributed by atoms with van der Waals surface area (Å²) < 4.78 is 0. The highest BCUT2D eigenvalue weighted by Crippen LogP contribution is 1.93. The monoisotopic (exact) mass is 194 g/mol. The Hall–Kier alpha value is -1.12. The molecule has 0 aromatic carbocycles. The average molecular weight is 194 g/mol. The Balaban J connectivity index is 0. The van der Waals surface area contributed by atoms with E-state index in [0.717, 1.165) is 12.8 Å². The fraction of sp³-hybridized carbons (Fsp3) is 0.333. The third kappa shape index (κ3) is 13.5. The molecule has 0 saturated heterocycles. The van der Waals surface area contributed by atoms with E-state index < -0.39 is 0 Å². The zero-order valence-electron chi connectivity index (χ0n) is 9.19. The molecule has 0 saturated carbocycles. The Bertz CT molecular complexity index is 146. The molecule has 0 fully saturated rings. The standard InChI is InChI=1S/2C5H6.2CH5N/c2*1-2-4-5-3-1;2*1-2/h2*1-4H,5H2;2*2H2,1H3. The molecule has 0 radical (unpaired) electrons. The van der Waals surface area contributed by atoms with Crippen LogP contribution in [-0.4, -0.2) is 14.1 Å². The molecule has 0 aromatic heterocycles. The molecule has 0 amide bonds. The van der Waals surface area contributed by atoms with Gasteiger partial charge in [0.2, 0.25) is 0 Å². The molecule has 0 aromatic rings. The minimum absolute atomic E-state index is 1.14. The zero-order chi connectivity index (χ0) is 11.1. The molecular weight excluding hydrogens is 172 g/mol. The van der Waals surface area contributed by atoms with Crippen molar-refractivity contribution in [3.05, 3.63) is 48.6 Å². The van der Waals surface area contributed by atoms with Crippen molar-refractivity contribution in [1.82, 2.24) is 0 Å². The highest BCUT2D eigenvalue weighted by atomic mass is 14.4. The van der Waals surface area contributed by atoms with Gasteiger partial charge in [-0.2, -0.15) is 0 Å². The van der Waals surface area contributed by atoms with E-state index in [0.29, 0.717) is 0 Å². The predicted molar refractivity (Wildman–Crippen MR) is 66.0 cm³/mol. The van der Waals surface area contributed by atoms with E-state index in [4.69, 9.17) is 0 Å². The molecule has 0 heterocycles. The van der Waals surface area contributed by atoms with Crippen molar-refractivity contribution in [3.63, 3.8) is 0 Å². The van der Waals surface area contributed by atoms with Crippen molar-refractivity contribution in [2.45, 2.75) is 12.8 Å². The third-order valence-electron chi connectivity index (χ3n) is 1.31. The van der Waals surface area contributed by atoms with Crippen LogP contribution in [0.4, 0.5) is 0 Å². The maximum Gasteiger partial charge on any atom is -0.0163 e. The molecule has 2 nitrogen and oxygen atoms in total. The molecular formula is C12H22N2. The van der Waals surface area contributed by atoms with Gasteiger partial charge in [-0.05, 0) is 26.9 Å². The fourth-order valence-corrected chi connectivity index (χ4v) is 0.786. The summed E-state index contributed by atoms with van der Waals surface area (Å²) in [7, 11) is 3.00. The van der Waals surface area contributed by atoms with Gasteiger partial charge in [-0.3, -0.25) is 0 Å². The molecule has 4 N–H and O–H groups in total. The van der Waals surface area contributed by atoms with Gasteiger partial charge in [0.05, 0.1) is 0 Å². The van der Waals surface area contributed by atoms with Crippen LogP contribution in [0.2, 0.25) is 0 Å². The highest BCUT2D eigenvalue weighted by Gasteiger charge is 1.72. The van der Waals surface area contributed by atoms with Crippen LogP contribution in [0.3, 0.4) is 0 Å². The van der Waals surface area contributed by atoms with E-state index in [2.05, 4.69) is 60.1 Å². The Morgan fingerprint density at radius 1 is 0.571 bits per heavy atom. The Labute approximate surface area is 87.7 Å². The van der Waals surface area contributed by atoms with Crippen molar-refractivity contribution in [3.8, 4) is 0 Å². The lowest BCUT2D eigenvalue weighted by Gasteiger charge is -1.57. The summed E-state index contributed by atoms with van der Waals surface area (Å²) in [6, 6.07) is 0. The van der Waals surface area contributed by atoms with Gasteiger partial charge in [0.15, 0.2) is 0 Å². The molecule has 0 atom stereocenters. The van der Waals surface area contributed by atoms with Gasteiger partial charge in [-0.1, -0.05) is 48.6 Å². The lowest BCUT2D eigenvalue weighted by Crippen LogP contribution is -1.69. The maximum atomic E-state index is 4.50. The van der Waals surface area contributed by atoms with E-state index in [1.165, 1.54) is 14.1 Å². The minimum atomic E-state index is 1.14. The van der Waals surface area contributed by atoms with Crippen LogP contribution >= 0.6 is 0 Å². The van der Waals surface area contributed by atoms with Crippen LogP contribution in [0.15, 0.2) is 48.6 Å². The van der Waals surface area contributed by atoms with Gasteiger partial charge in [0.25, 0.3) is 0 Å². The van der Waals surface area contributed by atoms with Crippen molar-refractivity contribution in [1.29, 1.82) is 0 Å². The van der Waals surface area contributed by atoms with Gasteiger partial charge >= 0.3 is 0 Å². The Morgan fingerprint density at radius 3 is 0.857 bits per heavy atom. The normalized spacial score (nSPS) is 13.4. The van der Waals surface area contributed by atoms with Crippen molar-refractivity contribution in [2.24, 2.45) is 11.5 Å². The lowest BCUT2D eigenvalue weighted by molar-refractivity contribution is 1.45. The SMILES string of the molecule is C1=CCC=C1.C1=CCC=C1.CN.CN. The molecule has 0 bridgehead atoms. The van der Waals surface area contributed by atoms with Crippen molar-refractivity contribution >= 4 is 0 Å².